The molecular weight excluding hydrogens is 394 g/mol. The van der Waals surface area contributed by atoms with Crippen LogP contribution in [0.4, 0.5) is 0 Å². The number of hydrogen-bond acceptors (Lipinski definition) is 4. The van der Waals surface area contributed by atoms with Crippen LogP contribution < -0.4 is 5.32 Å². The number of aromatic amines is 1. The Morgan fingerprint density at radius 2 is 1.71 bits per heavy atom. The first kappa shape index (κ1) is 23.4. The summed E-state index contributed by atoms with van der Waals surface area (Å²) < 4.78 is 5.33. The molecular formula is C24H37N3O4. The van der Waals surface area contributed by atoms with E-state index in [-0.39, 0.29) is 29.9 Å². The van der Waals surface area contributed by atoms with Gasteiger partial charge in [0, 0.05) is 24.8 Å². The van der Waals surface area contributed by atoms with Crippen molar-refractivity contribution in [1.29, 1.82) is 0 Å². The summed E-state index contributed by atoms with van der Waals surface area (Å²) in [6.45, 7) is 8.19. The van der Waals surface area contributed by atoms with E-state index in [4.69, 9.17) is 4.74 Å². The van der Waals surface area contributed by atoms with Gasteiger partial charge < -0.3 is 19.9 Å². The first-order valence-electron chi connectivity index (χ1n) is 11.8. The van der Waals surface area contributed by atoms with Crippen LogP contribution >= 0.6 is 0 Å². The number of hydrogen-bond donors (Lipinski definition) is 2. The van der Waals surface area contributed by atoms with Gasteiger partial charge in [-0.05, 0) is 58.9 Å². The predicted octanol–water partition coefficient (Wildman–Crippen LogP) is 3.89. The van der Waals surface area contributed by atoms with Gasteiger partial charge in [0.15, 0.2) is 0 Å². The predicted molar refractivity (Wildman–Crippen MR) is 119 cm³/mol. The van der Waals surface area contributed by atoms with E-state index < -0.39 is 5.97 Å². The fraction of sp³-hybridized carbons (Fsp3) is 0.708. The Kier molecular flexibility index (Phi) is 7.79. The number of ether oxygens (including phenoxy) is 1. The minimum atomic E-state index is -0.417. The van der Waals surface area contributed by atoms with Crippen LogP contribution in [0.1, 0.15) is 97.3 Å². The zero-order valence-electron chi connectivity index (χ0n) is 19.4. The molecule has 2 fully saturated rings. The van der Waals surface area contributed by atoms with Crippen LogP contribution in [0.25, 0.3) is 0 Å². The van der Waals surface area contributed by atoms with Gasteiger partial charge in [-0.2, -0.15) is 0 Å². The van der Waals surface area contributed by atoms with Gasteiger partial charge in [-0.15, -0.1) is 0 Å². The molecule has 2 aliphatic rings. The molecule has 7 nitrogen and oxygen atoms in total. The van der Waals surface area contributed by atoms with Crippen molar-refractivity contribution in [1.82, 2.24) is 15.2 Å². The molecule has 0 aromatic carbocycles. The fourth-order valence-corrected chi connectivity index (χ4v) is 4.82. The maximum atomic E-state index is 13.2. The normalized spacial score (nSPS) is 20.4. The van der Waals surface area contributed by atoms with Crippen LogP contribution in [-0.4, -0.2) is 52.9 Å². The van der Waals surface area contributed by atoms with Crippen LogP contribution in [0.3, 0.4) is 0 Å². The molecule has 2 N–H and O–H groups in total. The summed E-state index contributed by atoms with van der Waals surface area (Å²) in [5.41, 5.74) is 2.08. The van der Waals surface area contributed by atoms with Gasteiger partial charge in [0.2, 0.25) is 5.91 Å². The number of amides is 2. The van der Waals surface area contributed by atoms with Crippen molar-refractivity contribution in [3.63, 3.8) is 0 Å². The molecule has 1 aromatic heterocycles. The summed E-state index contributed by atoms with van der Waals surface area (Å²) in [6.07, 6.45) is 8.33. The van der Waals surface area contributed by atoms with Crippen molar-refractivity contribution in [2.45, 2.75) is 91.2 Å². The highest BCUT2D eigenvalue weighted by Crippen LogP contribution is 2.25. The highest BCUT2D eigenvalue weighted by atomic mass is 16.5. The SMILES string of the molecule is Cc1[nH]c(C(=O)N2CCC[C@@H](C(=O)NC3CCCCCC3)C2)c(C)c1C(=O)OC(C)C. The maximum Gasteiger partial charge on any atom is 0.340 e. The number of likely N-dealkylation sites (tertiary alicyclic amines) is 1. The Morgan fingerprint density at radius 1 is 1.03 bits per heavy atom. The van der Waals surface area contributed by atoms with Gasteiger partial charge in [0.1, 0.15) is 5.69 Å². The quantitative estimate of drug-likeness (QED) is 0.547. The number of nitrogens with zero attached hydrogens (tertiary/aromatic N) is 1. The van der Waals surface area contributed by atoms with Crippen molar-refractivity contribution in [2.75, 3.05) is 13.1 Å². The number of carbonyl (C=O) groups is 3. The molecule has 0 unspecified atom stereocenters. The molecule has 2 amide bonds. The second-order valence-corrected chi connectivity index (χ2v) is 9.37. The van der Waals surface area contributed by atoms with Crippen LogP contribution in [0.2, 0.25) is 0 Å². The topological polar surface area (TPSA) is 91.5 Å². The van der Waals surface area contributed by atoms with Crippen molar-refractivity contribution >= 4 is 17.8 Å². The molecule has 1 saturated heterocycles. The van der Waals surface area contributed by atoms with Crippen LogP contribution in [0, 0.1) is 19.8 Å². The van der Waals surface area contributed by atoms with Crippen molar-refractivity contribution in [3.05, 3.63) is 22.5 Å². The average Bonchev–Trinajstić information content (AvgIpc) is 2.87. The molecule has 1 aliphatic carbocycles. The minimum Gasteiger partial charge on any atom is -0.459 e. The number of H-pyrrole nitrogens is 1. The van der Waals surface area contributed by atoms with E-state index in [1.807, 2.05) is 0 Å². The number of esters is 1. The molecule has 31 heavy (non-hydrogen) atoms. The molecule has 0 spiro atoms. The van der Waals surface area contributed by atoms with Gasteiger partial charge in [-0.1, -0.05) is 25.7 Å². The molecule has 0 radical (unpaired) electrons. The monoisotopic (exact) mass is 431 g/mol. The van der Waals surface area contributed by atoms with E-state index in [2.05, 4.69) is 10.3 Å². The Balaban J connectivity index is 1.66. The second-order valence-electron chi connectivity index (χ2n) is 9.37. The largest absolute Gasteiger partial charge is 0.459 e. The lowest BCUT2D eigenvalue weighted by molar-refractivity contribution is -0.127. The third-order valence-electron chi connectivity index (χ3n) is 6.48. The molecule has 7 heteroatoms. The van der Waals surface area contributed by atoms with E-state index in [9.17, 15) is 14.4 Å². The zero-order valence-corrected chi connectivity index (χ0v) is 19.4. The third kappa shape index (κ3) is 5.69. The van der Waals surface area contributed by atoms with Gasteiger partial charge in [-0.25, -0.2) is 4.79 Å². The molecule has 3 rings (SSSR count). The van der Waals surface area contributed by atoms with Crippen LogP contribution in [0.15, 0.2) is 0 Å². The van der Waals surface area contributed by atoms with Crippen molar-refractivity contribution < 1.29 is 19.1 Å². The maximum absolute atomic E-state index is 13.2. The smallest absolute Gasteiger partial charge is 0.340 e. The standard InChI is InChI=1S/C24H37N3O4/c1-15(2)31-24(30)20-16(3)21(25-17(20)4)23(29)27-13-9-10-18(14-27)22(28)26-19-11-7-5-6-8-12-19/h15,18-19,25H,5-14H2,1-4H3,(H,26,28)/t18-/m1/s1. The highest BCUT2D eigenvalue weighted by molar-refractivity contribution is 6.00. The van der Waals surface area contributed by atoms with Gasteiger partial charge >= 0.3 is 5.97 Å². The Hall–Kier alpha value is -2.31. The van der Waals surface area contributed by atoms with Gasteiger partial charge in [-0.3, -0.25) is 9.59 Å². The number of piperidine rings is 1. The average molecular weight is 432 g/mol. The van der Waals surface area contributed by atoms with E-state index in [1.54, 1.807) is 32.6 Å². The van der Waals surface area contributed by atoms with E-state index in [1.165, 1.54) is 25.7 Å². The third-order valence-corrected chi connectivity index (χ3v) is 6.48. The summed E-state index contributed by atoms with van der Waals surface area (Å²) in [7, 11) is 0. The van der Waals surface area contributed by atoms with Crippen LogP contribution in [0.5, 0.6) is 0 Å². The molecule has 1 aromatic rings. The highest BCUT2D eigenvalue weighted by Gasteiger charge is 2.32. The van der Waals surface area contributed by atoms with Gasteiger partial charge in [0.25, 0.3) is 5.91 Å². The van der Waals surface area contributed by atoms with Crippen molar-refractivity contribution in [2.24, 2.45) is 5.92 Å². The molecule has 172 valence electrons. The number of nitrogens with one attached hydrogen (secondary N) is 2. The fourth-order valence-electron chi connectivity index (χ4n) is 4.82. The number of aromatic nitrogens is 1. The number of aryl methyl sites for hydroxylation is 1. The zero-order chi connectivity index (χ0) is 22.5. The second kappa shape index (κ2) is 10.3. The van der Waals surface area contributed by atoms with E-state index in [0.717, 1.165) is 25.7 Å². The number of carbonyl (C=O) groups excluding carboxylic acids is 3. The summed E-state index contributed by atoms with van der Waals surface area (Å²) >= 11 is 0. The Bertz CT molecular complexity index is 806. The lowest BCUT2D eigenvalue weighted by Gasteiger charge is -2.33. The Morgan fingerprint density at radius 3 is 2.35 bits per heavy atom. The Labute approximate surface area is 185 Å². The molecule has 1 aliphatic heterocycles. The first-order chi connectivity index (χ1) is 14.8. The van der Waals surface area contributed by atoms with Gasteiger partial charge in [0.05, 0.1) is 17.6 Å². The lowest BCUT2D eigenvalue weighted by Crippen LogP contribution is -2.47. The van der Waals surface area contributed by atoms with Crippen LogP contribution in [-0.2, 0) is 9.53 Å². The van der Waals surface area contributed by atoms with E-state index in [0.29, 0.717) is 35.6 Å². The van der Waals surface area contributed by atoms with Crippen molar-refractivity contribution in [3.8, 4) is 0 Å². The molecule has 1 atom stereocenters. The molecule has 2 heterocycles. The minimum absolute atomic E-state index is 0.0741. The first-order valence-corrected chi connectivity index (χ1v) is 11.8. The lowest BCUT2D eigenvalue weighted by atomic mass is 9.95. The summed E-state index contributed by atoms with van der Waals surface area (Å²) in [4.78, 5) is 43.4. The summed E-state index contributed by atoms with van der Waals surface area (Å²) in [6, 6.07) is 0.268. The van der Waals surface area contributed by atoms with E-state index >= 15 is 0 Å². The molecule has 1 saturated carbocycles. The number of rotatable bonds is 5. The molecule has 0 bridgehead atoms. The summed E-state index contributed by atoms with van der Waals surface area (Å²) in [5.74, 6) is -0.677. The summed E-state index contributed by atoms with van der Waals surface area (Å²) in [5, 5.41) is 3.24.